The zero-order valence-electron chi connectivity index (χ0n) is 13.6. The topological polar surface area (TPSA) is 54.8 Å². The minimum Gasteiger partial charge on any atom is -0.352 e. The molecule has 0 fully saturated rings. The van der Waals surface area contributed by atoms with Crippen molar-refractivity contribution < 1.29 is 0 Å². The lowest BCUT2D eigenvalue weighted by molar-refractivity contribution is 0.873. The quantitative estimate of drug-likeness (QED) is 0.744. The molecule has 5 heteroatoms. The molecular weight excluding hydrogens is 286 g/mol. The van der Waals surface area contributed by atoms with Crippen LogP contribution in [0.5, 0.6) is 0 Å². The maximum absolute atomic E-state index is 4.56. The van der Waals surface area contributed by atoms with Crippen LogP contribution in [-0.2, 0) is 0 Å². The van der Waals surface area contributed by atoms with E-state index < -0.39 is 0 Å². The van der Waals surface area contributed by atoms with Crippen molar-refractivity contribution in [1.82, 2.24) is 14.5 Å². The Bertz CT molecular complexity index is 778. The number of aryl methyl sites for hydroxylation is 1. The Morgan fingerprint density at radius 1 is 1.09 bits per heavy atom. The molecule has 0 saturated heterocycles. The minimum atomic E-state index is 0.294. The molecule has 2 N–H and O–H groups in total. The first-order valence-electron chi connectivity index (χ1n) is 7.72. The first-order chi connectivity index (χ1) is 11.1. The van der Waals surface area contributed by atoms with Gasteiger partial charge in [0.15, 0.2) is 0 Å². The molecule has 118 valence electrons. The van der Waals surface area contributed by atoms with Gasteiger partial charge in [-0.15, -0.1) is 0 Å². The highest BCUT2D eigenvalue weighted by Gasteiger charge is 2.06. The molecule has 0 saturated carbocycles. The first-order valence-corrected chi connectivity index (χ1v) is 7.72. The fourth-order valence-corrected chi connectivity index (χ4v) is 2.28. The van der Waals surface area contributed by atoms with E-state index in [9.17, 15) is 0 Å². The smallest absolute Gasteiger partial charge is 0.224 e. The number of nitrogens with zero attached hydrogens (tertiary/aromatic N) is 3. The molecule has 0 unspecified atom stereocenters. The van der Waals surface area contributed by atoms with Crippen molar-refractivity contribution in [2.75, 3.05) is 10.6 Å². The Labute approximate surface area is 136 Å². The van der Waals surface area contributed by atoms with Gasteiger partial charge >= 0.3 is 0 Å². The van der Waals surface area contributed by atoms with Crippen LogP contribution < -0.4 is 10.6 Å². The molecule has 23 heavy (non-hydrogen) atoms. The van der Waals surface area contributed by atoms with E-state index in [0.717, 1.165) is 22.8 Å². The van der Waals surface area contributed by atoms with E-state index in [0.29, 0.717) is 12.0 Å². The van der Waals surface area contributed by atoms with Gasteiger partial charge in [0, 0.05) is 41.6 Å². The summed E-state index contributed by atoms with van der Waals surface area (Å²) in [5.74, 6) is 1.45. The average Bonchev–Trinajstić information content (AvgIpc) is 3.05. The van der Waals surface area contributed by atoms with Gasteiger partial charge in [-0.05, 0) is 51.1 Å². The number of aromatic nitrogens is 3. The molecule has 5 nitrogen and oxygen atoms in total. The molecular formula is C18H21N5. The molecule has 3 aromatic rings. The molecule has 2 heterocycles. The molecule has 3 rings (SSSR count). The van der Waals surface area contributed by atoms with Crippen LogP contribution in [0.3, 0.4) is 0 Å². The number of hydrogen-bond acceptors (Lipinski definition) is 4. The summed E-state index contributed by atoms with van der Waals surface area (Å²) < 4.78 is 2.07. The summed E-state index contributed by atoms with van der Waals surface area (Å²) in [7, 11) is 0. The minimum absolute atomic E-state index is 0.294. The summed E-state index contributed by atoms with van der Waals surface area (Å²) >= 11 is 0. The second-order valence-corrected chi connectivity index (χ2v) is 5.79. The molecule has 0 aliphatic heterocycles. The lowest BCUT2D eigenvalue weighted by Gasteiger charge is -2.13. The van der Waals surface area contributed by atoms with Gasteiger partial charge in [-0.2, -0.15) is 4.98 Å². The van der Waals surface area contributed by atoms with E-state index in [1.807, 2.05) is 49.8 Å². The SMILES string of the molecule is Cc1cnc(NC(C)C)nc1Nc1cccc(-n2cccc2)c1. The zero-order chi connectivity index (χ0) is 16.2. The van der Waals surface area contributed by atoms with E-state index in [4.69, 9.17) is 0 Å². The molecule has 1 aromatic carbocycles. The standard InChI is InChI=1S/C18H21N5/c1-13(2)20-18-19-12-14(3)17(22-18)21-15-7-6-8-16(11-15)23-9-4-5-10-23/h4-13H,1-3H3,(H2,19,20,21,22). The molecule has 0 aliphatic carbocycles. The second-order valence-electron chi connectivity index (χ2n) is 5.79. The summed E-state index contributed by atoms with van der Waals surface area (Å²) in [6, 6.07) is 12.5. The van der Waals surface area contributed by atoms with Gasteiger partial charge in [0.1, 0.15) is 5.82 Å². The van der Waals surface area contributed by atoms with E-state index >= 15 is 0 Å². The number of hydrogen-bond donors (Lipinski definition) is 2. The number of rotatable bonds is 5. The van der Waals surface area contributed by atoms with Crippen molar-refractivity contribution in [3.05, 3.63) is 60.6 Å². The van der Waals surface area contributed by atoms with Crippen LogP contribution in [0.4, 0.5) is 17.5 Å². The van der Waals surface area contributed by atoms with Crippen molar-refractivity contribution >= 4 is 17.5 Å². The largest absolute Gasteiger partial charge is 0.352 e. The Kier molecular flexibility index (Phi) is 4.28. The first kappa shape index (κ1) is 15.1. The summed E-state index contributed by atoms with van der Waals surface area (Å²) in [6.45, 7) is 6.13. The van der Waals surface area contributed by atoms with Gasteiger partial charge in [-0.3, -0.25) is 0 Å². The summed E-state index contributed by atoms with van der Waals surface area (Å²) in [5, 5.41) is 6.61. The van der Waals surface area contributed by atoms with Gasteiger partial charge in [0.25, 0.3) is 0 Å². The van der Waals surface area contributed by atoms with Crippen molar-refractivity contribution in [3.63, 3.8) is 0 Å². The predicted molar refractivity (Wildman–Crippen MR) is 94.6 cm³/mol. The van der Waals surface area contributed by atoms with E-state index in [1.54, 1.807) is 0 Å². The Hall–Kier alpha value is -2.82. The van der Waals surface area contributed by atoms with Crippen molar-refractivity contribution in [3.8, 4) is 5.69 Å². The Morgan fingerprint density at radius 3 is 2.61 bits per heavy atom. The molecule has 0 bridgehead atoms. The molecule has 0 radical (unpaired) electrons. The lowest BCUT2D eigenvalue weighted by Crippen LogP contribution is -2.13. The maximum Gasteiger partial charge on any atom is 0.224 e. The normalized spacial score (nSPS) is 10.8. The maximum atomic E-state index is 4.56. The molecule has 0 atom stereocenters. The third-order valence-electron chi connectivity index (χ3n) is 3.40. The molecule has 0 spiro atoms. The van der Waals surface area contributed by atoms with Crippen LogP contribution in [0.25, 0.3) is 5.69 Å². The average molecular weight is 307 g/mol. The number of benzene rings is 1. The predicted octanol–water partition coefficient (Wildman–Crippen LogP) is 4.14. The van der Waals surface area contributed by atoms with Crippen molar-refractivity contribution in [2.45, 2.75) is 26.8 Å². The van der Waals surface area contributed by atoms with E-state index in [-0.39, 0.29) is 0 Å². The van der Waals surface area contributed by atoms with Gasteiger partial charge in [0.05, 0.1) is 0 Å². The van der Waals surface area contributed by atoms with Gasteiger partial charge in [-0.25, -0.2) is 4.98 Å². The Balaban J connectivity index is 1.86. The summed E-state index contributed by atoms with van der Waals surface area (Å²) in [6.07, 6.45) is 5.88. The zero-order valence-corrected chi connectivity index (χ0v) is 13.6. The Morgan fingerprint density at radius 2 is 1.87 bits per heavy atom. The summed E-state index contributed by atoms with van der Waals surface area (Å²) in [4.78, 5) is 8.87. The number of nitrogens with one attached hydrogen (secondary N) is 2. The van der Waals surface area contributed by atoms with E-state index in [1.165, 1.54) is 0 Å². The van der Waals surface area contributed by atoms with Crippen LogP contribution >= 0.6 is 0 Å². The van der Waals surface area contributed by atoms with Crippen molar-refractivity contribution in [1.29, 1.82) is 0 Å². The monoisotopic (exact) mass is 307 g/mol. The molecule has 0 aliphatic rings. The van der Waals surface area contributed by atoms with Crippen LogP contribution in [0, 0.1) is 6.92 Å². The second kappa shape index (κ2) is 6.52. The van der Waals surface area contributed by atoms with E-state index in [2.05, 4.69) is 51.1 Å². The van der Waals surface area contributed by atoms with Gasteiger partial charge in [0.2, 0.25) is 5.95 Å². The molecule has 2 aromatic heterocycles. The van der Waals surface area contributed by atoms with Crippen LogP contribution in [0.2, 0.25) is 0 Å². The lowest BCUT2D eigenvalue weighted by atomic mass is 10.2. The highest BCUT2D eigenvalue weighted by molar-refractivity contribution is 5.62. The van der Waals surface area contributed by atoms with Crippen LogP contribution in [0.1, 0.15) is 19.4 Å². The third kappa shape index (κ3) is 3.69. The fraction of sp³-hybridized carbons (Fsp3) is 0.222. The number of anilines is 3. The third-order valence-corrected chi connectivity index (χ3v) is 3.40. The highest BCUT2D eigenvalue weighted by atomic mass is 15.1. The van der Waals surface area contributed by atoms with Crippen molar-refractivity contribution in [2.24, 2.45) is 0 Å². The van der Waals surface area contributed by atoms with Crippen LogP contribution in [0.15, 0.2) is 55.0 Å². The van der Waals surface area contributed by atoms with Crippen LogP contribution in [-0.4, -0.2) is 20.6 Å². The fourth-order valence-electron chi connectivity index (χ4n) is 2.28. The van der Waals surface area contributed by atoms with Gasteiger partial charge < -0.3 is 15.2 Å². The molecule has 0 amide bonds. The van der Waals surface area contributed by atoms with Gasteiger partial charge in [-0.1, -0.05) is 6.07 Å². The highest BCUT2D eigenvalue weighted by Crippen LogP contribution is 2.21. The summed E-state index contributed by atoms with van der Waals surface area (Å²) in [5.41, 5.74) is 3.10.